The molecule has 0 aliphatic heterocycles. The molecule has 0 aliphatic rings. The summed E-state index contributed by atoms with van der Waals surface area (Å²) >= 11 is 1.26. The lowest BCUT2D eigenvalue weighted by Gasteiger charge is -2.12. The molecule has 3 rings (SSSR count). The van der Waals surface area contributed by atoms with Crippen molar-refractivity contribution in [3.8, 4) is 11.6 Å². The summed E-state index contributed by atoms with van der Waals surface area (Å²) < 4.78 is 11.1. The van der Waals surface area contributed by atoms with E-state index in [1.165, 1.54) is 16.2 Å². The smallest absolute Gasteiger partial charge is 0.348 e. The minimum absolute atomic E-state index is 0.120. The number of nitrogens with zero attached hydrogens (tertiary/aromatic N) is 3. The van der Waals surface area contributed by atoms with Crippen molar-refractivity contribution in [1.29, 1.82) is 0 Å². The van der Waals surface area contributed by atoms with E-state index in [1.54, 1.807) is 52.2 Å². The predicted octanol–water partition coefficient (Wildman–Crippen LogP) is 3.98. The summed E-state index contributed by atoms with van der Waals surface area (Å²) in [6, 6.07) is 6.90. The molecule has 3 aromatic rings. The Morgan fingerprint density at radius 1 is 1.18 bits per heavy atom. The van der Waals surface area contributed by atoms with Gasteiger partial charge in [0.25, 0.3) is 5.91 Å². The van der Waals surface area contributed by atoms with Crippen LogP contribution >= 0.6 is 11.3 Å². The van der Waals surface area contributed by atoms with Crippen LogP contribution in [0.15, 0.2) is 24.3 Å². The number of aryl methyl sites for hydroxylation is 2. The van der Waals surface area contributed by atoms with Gasteiger partial charge in [-0.15, -0.1) is 11.3 Å². The SMILES string of the molecule is CCOC(=O)c1sc2nc(C)nc(Oc3cccc(C(=O)N(C)C)c3)c2c1C. The number of hydrogen-bond donors (Lipinski definition) is 0. The number of carbonyl (C=O) groups excluding carboxylic acids is 2. The van der Waals surface area contributed by atoms with Crippen molar-refractivity contribution in [2.24, 2.45) is 0 Å². The lowest BCUT2D eigenvalue weighted by atomic mass is 10.2. The molecule has 0 bridgehead atoms. The Morgan fingerprint density at radius 3 is 2.61 bits per heavy atom. The van der Waals surface area contributed by atoms with Crippen LogP contribution in [-0.2, 0) is 4.74 Å². The van der Waals surface area contributed by atoms with Crippen LogP contribution in [0, 0.1) is 13.8 Å². The van der Waals surface area contributed by atoms with Crippen LogP contribution in [0.4, 0.5) is 0 Å². The number of thiophene rings is 1. The lowest BCUT2D eigenvalue weighted by molar-refractivity contribution is 0.0531. The first-order valence-electron chi connectivity index (χ1n) is 8.76. The van der Waals surface area contributed by atoms with Crippen LogP contribution in [0.5, 0.6) is 11.6 Å². The maximum absolute atomic E-state index is 12.2. The normalized spacial score (nSPS) is 10.8. The topological polar surface area (TPSA) is 81.6 Å². The first-order valence-corrected chi connectivity index (χ1v) is 9.57. The lowest BCUT2D eigenvalue weighted by Crippen LogP contribution is -2.21. The molecule has 0 atom stereocenters. The standard InChI is InChI=1S/C20H21N3O4S/c1-6-26-20(25)16-11(2)15-17(21-12(3)22-18(15)28-16)27-14-9-7-8-13(10-14)19(24)23(4)5/h7-10H,6H2,1-5H3. The molecule has 0 unspecified atom stereocenters. The van der Waals surface area contributed by atoms with E-state index < -0.39 is 0 Å². The second-order valence-corrected chi connectivity index (χ2v) is 7.36. The Morgan fingerprint density at radius 2 is 1.93 bits per heavy atom. The number of fused-ring (bicyclic) bond motifs is 1. The van der Waals surface area contributed by atoms with E-state index >= 15 is 0 Å². The zero-order valence-corrected chi connectivity index (χ0v) is 17.2. The molecule has 0 saturated heterocycles. The molecule has 0 saturated carbocycles. The number of rotatable bonds is 5. The summed E-state index contributed by atoms with van der Waals surface area (Å²) in [5.41, 5.74) is 1.23. The van der Waals surface area contributed by atoms with Crippen LogP contribution in [-0.4, -0.2) is 47.4 Å². The van der Waals surface area contributed by atoms with Gasteiger partial charge in [0, 0.05) is 19.7 Å². The fraction of sp³-hybridized carbons (Fsp3) is 0.300. The predicted molar refractivity (Wildman–Crippen MR) is 107 cm³/mol. The summed E-state index contributed by atoms with van der Waals surface area (Å²) in [7, 11) is 3.39. The largest absolute Gasteiger partial charge is 0.462 e. The van der Waals surface area contributed by atoms with Crippen molar-refractivity contribution in [1.82, 2.24) is 14.9 Å². The van der Waals surface area contributed by atoms with E-state index in [1.807, 2.05) is 6.92 Å². The van der Waals surface area contributed by atoms with Gasteiger partial charge >= 0.3 is 5.97 Å². The molecule has 2 heterocycles. The molecule has 0 spiro atoms. The first kappa shape index (κ1) is 19.8. The number of amides is 1. The number of benzene rings is 1. The second-order valence-electron chi connectivity index (χ2n) is 6.36. The summed E-state index contributed by atoms with van der Waals surface area (Å²) in [4.78, 5) is 35.9. The van der Waals surface area contributed by atoms with E-state index in [9.17, 15) is 9.59 Å². The van der Waals surface area contributed by atoms with Gasteiger partial charge < -0.3 is 14.4 Å². The monoisotopic (exact) mass is 399 g/mol. The first-order chi connectivity index (χ1) is 13.3. The van der Waals surface area contributed by atoms with Gasteiger partial charge in [-0.25, -0.2) is 9.78 Å². The van der Waals surface area contributed by atoms with Gasteiger partial charge in [-0.1, -0.05) is 6.07 Å². The Hall–Kier alpha value is -3.00. The van der Waals surface area contributed by atoms with Crippen LogP contribution in [0.1, 0.15) is 38.3 Å². The van der Waals surface area contributed by atoms with E-state index in [-0.39, 0.29) is 11.9 Å². The van der Waals surface area contributed by atoms with E-state index in [0.29, 0.717) is 50.3 Å². The van der Waals surface area contributed by atoms with Gasteiger partial charge in [0.1, 0.15) is 21.3 Å². The van der Waals surface area contributed by atoms with Crippen molar-refractivity contribution in [2.75, 3.05) is 20.7 Å². The van der Waals surface area contributed by atoms with Gasteiger partial charge in [0.2, 0.25) is 5.88 Å². The molecule has 0 N–H and O–H groups in total. The van der Waals surface area contributed by atoms with E-state index in [0.717, 1.165) is 0 Å². The molecule has 0 aliphatic carbocycles. The maximum atomic E-state index is 12.2. The van der Waals surface area contributed by atoms with Crippen molar-refractivity contribution in [3.63, 3.8) is 0 Å². The molecule has 8 heteroatoms. The fourth-order valence-corrected chi connectivity index (χ4v) is 3.84. The molecule has 0 radical (unpaired) electrons. The van der Waals surface area contributed by atoms with Crippen molar-refractivity contribution >= 4 is 33.4 Å². The summed E-state index contributed by atoms with van der Waals surface area (Å²) in [6.45, 7) is 5.65. The third kappa shape index (κ3) is 3.82. The quantitative estimate of drug-likeness (QED) is 0.604. The Bertz CT molecular complexity index is 1060. The third-order valence-corrected chi connectivity index (χ3v) is 5.20. The highest BCUT2D eigenvalue weighted by Crippen LogP contribution is 2.37. The van der Waals surface area contributed by atoms with Gasteiger partial charge in [-0.3, -0.25) is 4.79 Å². The van der Waals surface area contributed by atoms with Crippen molar-refractivity contribution < 1.29 is 19.1 Å². The highest BCUT2D eigenvalue weighted by Gasteiger charge is 2.22. The molecular weight excluding hydrogens is 378 g/mol. The molecule has 7 nitrogen and oxygen atoms in total. The second kappa shape index (κ2) is 7.93. The number of ether oxygens (including phenoxy) is 2. The van der Waals surface area contributed by atoms with E-state index in [4.69, 9.17) is 9.47 Å². The number of hydrogen-bond acceptors (Lipinski definition) is 7. The van der Waals surface area contributed by atoms with Gasteiger partial charge in [-0.05, 0) is 44.5 Å². The highest BCUT2D eigenvalue weighted by atomic mass is 32.1. The average molecular weight is 399 g/mol. The van der Waals surface area contributed by atoms with Gasteiger partial charge in [0.15, 0.2) is 0 Å². The molecule has 2 aromatic heterocycles. The van der Waals surface area contributed by atoms with Crippen molar-refractivity contribution in [2.45, 2.75) is 20.8 Å². The summed E-state index contributed by atoms with van der Waals surface area (Å²) in [5.74, 6) is 0.854. The van der Waals surface area contributed by atoms with Gasteiger partial charge in [-0.2, -0.15) is 4.98 Å². The molecular formula is C20H21N3O4S. The summed E-state index contributed by atoms with van der Waals surface area (Å²) in [5, 5.41) is 0.669. The molecule has 146 valence electrons. The van der Waals surface area contributed by atoms with E-state index in [2.05, 4.69) is 9.97 Å². The number of aromatic nitrogens is 2. The van der Waals surface area contributed by atoms with Crippen molar-refractivity contribution in [3.05, 3.63) is 46.1 Å². The summed E-state index contributed by atoms with van der Waals surface area (Å²) in [6.07, 6.45) is 0. The number of carbonyl (C=O) groups is 2. The molecule has 0 fully saturated rings. The number of esters is 1. The van der Waals surface area contributed by atoms with Crippen LogP contribution < -0.4 is 4.74 Å². The van der Waals surface area contributed by atoms with Crippen LogP contribution in [0.25, 0.3) is 10.2 Å². The maximum Gasteiger partial charge on any atom is 0.348 e. The minimum atomic E-state index is -0.384. The average Bonchev–Trinajstić information content (AvgIpc) is 2.98. The molecule has 1 amide bonds. The van der Waals surface area contributed by atoms with Crippen LogP contribution in [0.3, 0.4) is 0 Å². The molecule has 28 heavy (non-hydrogen) atoms. The zero-order chi connectivity index (χ0) is 20.4. The molecule has 1 aromatic carbocycles. The highest BCUT2D eigenvalue weighted by molar-refractivity contribution is 7.20. The Balaban J connectivity index is 2.05. The minimum Gasteiger partial charge on any atom is -0.462 e. The fourth-order valence-electron chi connectivity index (χ4n) is 2.73. The van der Waals surface area contributed by atoms with Crippen LogP contribution in [0.2, 0.25) is 0 Å². The Kier molecular flexibility index (Phi) is 5.60. The van der Waals surface area contributed by atoms with Gasteiger partial charge in [0.05, 0.1) is 12.0 Å². The Labute approximate surface area is 166 Å². The zero-order valence-electron chi connectivity index (χ0n) is 16.4. The third-order valence-electron chi connectivity index (χ3n) is 4.03.